The van der Waals surface area contributed by atoms with Gasteiger partial charge in [-0.15, -0.1) is 0 Å². The molecule has 0 saturated carbocycles. The van der Waals surface area contributed by atoms with Crippen LogP contribution in [-0.2, 0) is 38.8 Å². The van der Waals surface area contributed by atoms with Gasteiger partial charge < -0.3 is 24.1 Å². The number of benzene rings is 3. The topological polar surface area (TPSA) is 57.2 Å². The first-order chi connectivity index (χ1) is 15.6. The van der Waals surface area contributed by atoms with Crippen LogP contribution in [0, 0.1) is 0 Å². The summed E-state index contributed by atoms with van der Waals surface area (Å²) in [6.07, 6.45) is -2.09. The summed E-state index contributed by atoms with van der Waals surface area (Å²) in [5.74, 6) is 0. The highest BCUT2D eigenvalue weighted by atomic mass is 16.7. The van der Waals surface area contributed by atoms with Gasteiger partial charge >= 0.3 is 0 Å². The Morgan fingerprint density at radius 1 is 0.750 bits per heavy atom. The van der Waals surface area contributed by atoms with Gasteiger partial charge in [-0.1, -0.05) is 91.0 Å². The van der Waals surface area contributed by atoms with Crippen molar-refractivity contribution in [2.24, 2.45) is 0 Å². The van der Waals surface area contributed by atoms with Crippen LogP contribution < -0.4 is 0 Å². The molecule has 0 aliphatic carbocycles. The Kier molecular flexibility index (Phi) is 7.68. The molecule has 0 radical (unpaired) electrons. The maximum atomic E-state index is 10.8. The fourth-order valence-electron chi connectivity index (χ4n) is 3.88. The average molecular weight is 435 g/mol. The molecule has 4 rings (SSSR count). The number of ether oxygens (including phenoxy) is 4. The Hall–Kier alpha value is -2.54. The lowest BCUT2D eigenvalue weighted by molar-refractivity contribution is -0.203. The predicted octanol–water partition coefficient (Wildman–Crippen LogP) is 4.48. The second-order valence-corrected chi connectivity index (χ2v) is 8.20. The van der Waals surface area contributed by atoms with Crippen LogP contribution in [0.4, 0.5) is 0 Å². The van der Waals surface area contributed by atoms with Crippen molar-refractivity contribution in [3.63, 3.8) is 0 Å². The zero-order chi connectivity index (χ0) is 22.2. The van der Waals surface area contributed by atoms with Gasteiger partial charge in [0.05, 0.1) is 26.4 Å². The van der Waals surface area contributed by atoms with Gasteiger partial charge in [0.25, 0.3) is 0 Å². The zero-order valence-corrected chi connectivity index (χ0v) is 18.3. The van der Waals surface area contributed by atoms with Crippen molar-refractivity contribution in [2.45, 2.75) is 50.8 Å². The Morgan fingerprint density at radius 3 is 1.81 bits per heavy atom. The Bertz CT molecular complexity index is 934. The van der Waals surface area contributed by atoms with E-state index >= 15 is 0 Å². The van der Waals surface area contributed by atoms with E-state index in [1.54, 1.807) is 0 Å². The van der Waals surface area contributed by atoms with Crippen LogP contribution in [0.2, 0.25) is 0 Å². The highest BCUT2D eigenvalue weighted by Crippen LogP contribution is 2.37. The first-order valence-electron chi connectivity index (χ1n) is 10.9. The van der Waals surface area contributed by atoms with Crippen molar-refractivity contribution in [3.05, 3.63) is 108 Å². The summed E-state index contributed by atoms with van der Waals surface area (Å²) in [5.41, 5.74) is 2.11. The first-order valence-corrected chi connectivity index (χ1v) is 10.9. The van der Waals surface area contributed by atoms with E-state index in [2.05, 4.69) is 0 Å². The summed E-state index contributed by atoms with van der Waals surface area (Å²) in [4.78, 5) is 0. The molecule has 0 bridgehead atoms. The smallest absolute Gasteiger partial charge is 0.187 e. The molecule has 32 heavy (non-hydrogen) atoms. The number of aliphatic hydroxyl groups excluding tert-OH is 1. The monoisotopic (exact) mass is 434 g/mol. The molecule has 1 N–H and O–H groups in total. The van der Waals surface area contributed by atoms with E-state index in [0.29, 0.717) is 19.8 Å². The molecule has 1 fully saturated rings. The SMILES string of the molecule is C[C@@]1(OCc2ccccc2)[C@H](OCc2ccccc2)[C@@H](COCc2ccccc2)O[C@@H]1O. The van der Waals surface area contributed by atoms with E-state index in [-0.39, 0.29) is 6.61 Å². The minimum Gasteiger partial charge on any atom is -0.374 e. The molecule has 0 amide bonds. The number of hydrogen-bond acceptors (Lipinski definition) is 5. The van der Waals surface area contributed by atoms with Crippen molar-refractivity contribution < 1.29 is 24.1 Å². The molecule has 5 heteroatoms. The molecule has 0 unspecified atom stereocenters. The minimum absolute atomic E-state index is 0.287. The highest BCUT2D eigenvalue weighted by Gasteiger charge is 2.55. The maximum Gasteiger partial charge on any atom is 0.187 e. The van der Waals surface area contributed by atoms with Gasteiger partial charge in [0, 0.05) is 0 Å². The summed E-state index contributed by atoms with van der Waals surface area (Å²) in [6, 6.07) is 29.8. The van der Waals surface area contributed by atoms with E-state index < -0.39 is 24.1 Å². The number of rotatable bonds is 10. The van der Waals surface area contributed by atoms with Gasteiger partial charge in [-0.3, -0.25) is 0 Å². The molecule has 1 aliphatic heterocycles. The van der Waals surface area contributed by atoms with Crippen LogP contribution in [-0.4, -0.2) is 35.8 Å². The Labute approximate surface area is 189 Å². The fraction of sp³-hybridized carbons (Fsp3) is 0.333. The van der Waals surface area contributed by atoms with Crippen LogP contribution >= 0.6 is 0 Å². The summed E-state index contributed by atoms with van der Waals surface area (Å²) in [7, 11) is 0. The molecule has 5 nitrogen and oxygen atoms in total. The molecule has 3 aromatic carbocycles. The van der Waals surface area contributed by atoms with Crippen LogP contribution in [0.1, 0.15) is 23.6 Å². The van der Waals surface area contributed by atoms with Crippen molar-refractivity contribution in [1.82, 2.24) is 0 Å². The Balaban J connectivity index is 1.45. The van der Waals surface area contributed by atoms with Crippen molar-refractivity contribution >= 4 is 0 Å². The van der Waals surface area contributed by atoms with Crippen LogP contribution in [0.3, 0.4) is 0 Å². The van der Waals surface area contributed by atoms with Gasteiger partial charge in [-0.05, 0) is 23.6 Å². The fourth-order valence-corrected chi connectivity index (χ4v) is 3.88. The van der Waals surface area contributed by atoms with Gasteiger partial charge in [-0.2, -0.15) is 0 Å². The summed E-state index contributed by atoms with van der Waals surface area (Å²) >= 11 is 0. The normalized spacial score (nSPS) is 25.1. The molecule has 168 valence electrons. The Morgan fingerprint density at radius 2 is 1.25 bits per heavy atom. The van der Waals surface area contributed by atoms with E-state index in [4.69, 9.17) is 18.9 Å². The third-order valence-electron chi connectivity index (χ3n) is 5.76. The molecular weight excluding hydrogens is 404 g/mol. The molecule has 0 spiro atoms. The molecule has 4 atom stereocenters. The maximum absolute atomic E-state index is 10.8. The zero-order valence-electron chi connectivity index (χ0n) is 18.3. The average Bonchev–Trinajstić information content (AvgIpc) is 3.07. The van der Waals surface area contributed by atoms with Gasteiger partial charge in [-0.25, -0.2) is 0 Å². The standard InChI is InChI=1S/C27H30O5/c1-27(31-19-23-15-9-4-10-16-23)25(30-18-22-13-7-3-8-14-22)24(32-26(27)28)20-29-17-21-11-5-2-6-12-21/h2-16,24-26,28H,17-20H2,1H3/t24-,25-,26+,27-/m1/s1. The lowest BCUT2D eigenvalue weighted by Crippen LogP contribution is -2.49. The first kappa shape index (κ1) is 22.6. The minimum atomic E-state index is -1.13. The molecule has 3 aromatic rings. The quantitative estimate of drug-likeness (QED) is 0.510. The van der Waals surface area contributed by atoms with Crippen LogP contribution in [0.25, 0.3) is 0 Å². The molecule has 0 aromatic heterocycles. The third-order valence-corrected chi connectivity index (χ3v) is 5.76. The van der Waals surface area contributed by atoms with Crippen LogP contribution in [0.5, 0.6) is 0 Å². The lowest BCUT2D eigenvalue weighted by atomic mass is 9.96. The van der Waals surface area contributed by atoms with Crippen molar-refractivity contribution in [1.29, 1.82) is 0 Å². The molecule has 1 saturated heterocycles. The number of aliphatic hydroxyl groups is 1. The van der Waals surface area contributed by atoms with E-state index in [1.807, 2.05) is 97.9 Å². The number of hydrogen-bond donors (Lipinski definition) is 1. The van der Waals surface area contributed by atoms with E-state index in [9.17, 15) is 5.11 Å². The molecular formula is C27H30O5. The summed E-state index contributed by atoms with van der Waals surface area (Å²) < 4.78 is 24.3. The van der Waals surface area contributed by atoms with Crippen molar-refractivity contribution in [3.8, 4) is 0 Å². The van der Waals surface area contributed by atoms with E-state index in [0.717, 1.165) is 16.7 Å². The van der Waals surface area contributed by atoms with E-state index in [1.165, 1.54) is 0 Å². The highest BCUT2D eigenvalue weighted by molar-refractivity contribution is 5.16. The van der Waals surface area contributed by atoms with Gasteiger partial charge in [0.15, 0.2) is 6.29 Å². The van der Waals surface area contributed by atoms with Gasteiger partial charge in [0.1, 0.15) is 17.8 Å². The largest absolute Gasteiger partial charge is 0.374 e. The summed E-state index contributed by atoms with van der Waals surface area (Å²) in [5, 5.41) is 10.8. The third kappa shape index (κ3) is 5.63. The molecule has 1 aliphatic rings. The van der Waals surface area contributed by atoms with Crippen LogP contribution in [0.15, 0.2) is 91.0 Å². The second kappa shape index (κ2) is 10.9. The predicted molar refractivity (Wildman–Crippen MR) is 122 cm³/mol. The van der Waals surface area contributed by atoms with Crippen molar-refractivity contribution in [2.75, 3.05) is 6.61 Å². The molecule has 1 heterocycles. The van der Waals surface area contributed by atoms with Gasteiger partial charge in [0.2, 0.25) is 0 Å². The summed E-state index contributed by atoms with van der Waals surface area (Å²) in [6.45, 7) is 3.33. The second-order valence-electron chi connectivity index (χ2n) is 8.20. The lowest BCUT2D eigenvalue weighted by Gasteiger charge is -2.33.